The Hall–Kier alpha value is -1.91. The van der Waals surface area contributed by atoms with Gasteiger partial charge in [0.05, 0.1) is 0 Å². The van der Waals surface area contributed by atoms with E-state index in [1.807, 2.05) is 0 Å². The van der Waals surface area contributed by atoms with Crippen molar-refractivity contribution in [2.75, 3.05) is 18.0 Å². The minimum absolute atomic E-state index is 0.685. The molecule has 5 nitrogen and oxygen atoms in total. The van der Waals surface area contributed by atoms with Crippen LogP contribution < -0.4 is 4.90 Å². The highest BCUT2D eigenvalue weighted by molar-refractivity contribution is 5.85. The largest absolute Gasteiger partial charge is 0.478 e. The summed E-state index contributed by atoms with van der Waals surface area (Å²) in [6.45, 7) is 4.19. The Bertz CT molecular complexity index is 428. The molecule has 0 aliphatic carbocycles. The standard InChI is InChI=1S/C12H15N3O2/c1-9-4-5-15(8-9)12-13-6-10(7-14-12)2-3-11(16)17/h2-3,6-7,9H,4-5,8H2,1H3,(H,16,17)/b3-2+. The van der Waals surface area contributed by atoms with Crippen LogP contribution in [0.5, 0.6) is 0 Å². The average molecular weight is 233 g/mol. The third-order valence-corrected chi connectivity index (χ3v) is 2.78. The Morgan fingerprint density at radius 1 is 1.53 bits per heavy atom. The summed E-state index contributed by atoms with van der Waals surface area (Å²) in [5, 5.41) is 8.50. The molecule has 17 heavy (non-hydrogen) atoms. The number of rotatable bonds is 3. The van der Waals surface area contributed by atoms with E-state index in [4.69, 9.17) is 5.11 Å². The van der Waals surface area contributed by atoms with Gasteiger partial charge in [0.1, 0.15) is 0 Å². The third-order valence-electron chi connectivity index (χ3n) is 2.78. The molecule has 2 heterocycles. The van der Waals surface area contributed by atoms with Gasteiger partial charge in [-0.15, -0.1) is 0 Å². The number of hydrogen-bond acceptors (Lipinski definition) is 4. The Balaban J connectivity index is 2.05. The van der Waals surface area contributed by atoms with E-state index < -0.39 is 5.97 Å². The van der Waals surface area contributed by atoms with Crippen LogP contribution >= 0.6 is 0 Å². The first kappa shape index (κ1) is 11.6. The molecular weight excluding hydrogens is 218 g/mol. The van der Waals surface area contributed by atoms with Gasteiger partial charge in [-0.3, -0.25) is 0 Å². The lowest BCUT2D eigenvalue weighted by Gasteiger charge is -2.14. The molecule has 1 fully saturated rings. The van der Waals surface area contributed by atoms with E-state index in [1.165, 1.54) is 12.5 Å². The molecule has 1 aliphatic rings. The van der Waals surface area contributed by atoms with Crippen LogP contribution in [0.4, 0.5) is 5.95 Å². The molecule has 0 radical (unpaired) electrons. The lowest BCUT2D eigenvalue weighted by Crippen LogP contribution is -2.21. The number of aromatic nitrogens is 2. The van der Waals surface area contributed by atoms with E-state index in [0.29, 0.717) is 11.5 Å². The van der Waals surface area contributed by atoms with Crippen LogP contribution in [0.25, 0.3) is 6.08 Å². The van der Waals surface area contributed by atoms with E-state index in [1.54, 1.807) is 12.4 Å². The summed E-state index contributed by atoms with van der Waals surface area (Å²) < 4.78 is 0. The minimum Gasteiger partial charge on any atom is -0.478 e. The molecule has 1 aliphatic heterocycles. The molecule has 0 spiro atoms. The molecule has 0 aromatic carbocycles. The highest BCUT2D eigenvalue weighted by Gasteiger charge is 2.20. The van der Waals surface area contributed by atoms with Gasteiger partial charge in [-0.05, 0) is 18.4 Å². The van der Waals surface area contributed by atoms with Crippen molar-refractivity contribution < 1.29 is 9.90 Å². The van der Waals surface area contributed by atoms with Gasteiger partial charge in [-0.1, -0.05) is 6.92 Å². The molecule has 0 amide bonds. The number of aliphatic carboxylic acids is 1. The van der Waals surface area contributed by atoms with Gasteiger partial charge in [-0.25, -0.2) is 14.8 Å². The Kier molecular flexibility index (Phi) is 3.37. The summed E-state index contributed by atoms with van der Waals surface area (Å²) in [5.74, 6) is 0.439. The maximum Gasteiger partial charge on any atom is 0.328 e. The number of carbonyl (C=O) groups is 1. The quantitative estimate of drug-likeness (QED) is 0.800. The van der Waals surface area contributed by atoms with Gasteiger partial charge in [-0.2, -0.15) is 0 Å². The van der Waals surface area contributed by atoms with Gasteiger partial charge in [0.15, 0.2) is 0 Å². The van der Waals surface area contributed by atoms with Gasteiger partial charge < -0.3 is 10.0 Å². The number of carboxylic acid groups (broad SMARTS) is 1. The zero-order valence-electron chi connectivity index (χ0n) is 9.71. The number of nitrogens with zero attached hydrogens (tertiary/aromatic N) is 3. The molecule has 0 bridgehead atoms. The number of carboxylic acids is 1. The molecule has 1 aromatic heterocycles. The van der Waals surface area contributed by atoms with Gasteiger partial charge >= 0.3 is 5.97 Å². The maximum atomic E-state index is 10.3. The number of hydrogen-bond donors (Lipinski definition) is 1. The first-order valence-electron chi connectivity index (χ1n) is 5.63. The minimum atomic E-state index is -0.970. The zero-order chi connectivity index (χ0) is 12.3. The van der Waals surface area contributed by atoms with Crippen molar-refractivity contribution in [3.05, 3.63) is 24.0 Å². The molecule has 1 atom stereocenters. The first-order chi connectivity index (χ1) is 8.15. The highest BCUT2D eigenvalue weighted by atomic mass is 16.4. The van der Waals surface area contributed by atoms with Gasteiger partial charge in [0.2, 0.25) is 5.95 Å². The van der Waals surface area contributed by atoms with Crippen LogP contribution in [0, 0.1) is 5.92 Å². The van der Waals surface area contributed by atoms with Crippen molar-refractivity contribution in [2.24, 2.45) is 5.92 Å². The monoisotopic (exact) mass is 233 g/mol. The number of anilines is 1. The molecule has 0 saturated carbocycles. The Morgan fingerprint density at radius 2 is 2.24 bits per heavy atom. The molecule has 90 valence electrons. The SMILES string of the molecule is CC1CCN(c2ncc(/C=C/C(=O)O)cn2)C1. The van der Waals surface area contributed by atoms with Crippen molar-refractivity contribution in [1.82, 2.24) is 9.97 Å². The third kappa shape index (κ3) is 3.03. The molecule has 1 aromatic rings. The van der Waals surface area contributed by atoms with Crippen molar-refractivity contribution in [1.29, 1.82) is 0 Å². The Labute approximate surface area is 99.8 Å². The smallest absolute Gasteiger partial charge is 0.328 e. The van der Waals surface area contributed by atoms with E-state index in [2.05, 4.69) is 21.8 Å². The molecule has 2 rings (SSSR count). The summed E-state index contributed by atoms with van der Waals surface area (Å²) in [6.07, 6.45) is 7.02. The maximum absolute atomic E-state index is 10.3. The fraction of sp³-hybridized carbons (Fsp3) is 0.417. The highest BCUT2D eigenvalue weighted by Crippen LogP contribution is 2.19. The molecule has 1 N–H and O–H groups in total. The van der Waals surface area contributed by atoms with Crippen LogP contribution in [0.2, 0.25) is 0 Å². The summed E-state index contributed by atoms with van der Waals surface area (Å²) in [4.78, 5) is 21.0. The average Bonchev–Trinajstić information content (AvgIpc) is 2.74. The summed E-state index contributed by atoms with van der Waals surface area (Å²) >= 11 is 0. The summed E-state index contributed by atoms with van der Waals surface area (Å²) in [5.41, 5.74) is 0.698. The predicted octanol–water partition coefficient (Wildman–Crippen LogP) is 1.42. The van der Waals surface area contributed by atoms with E-state index >= 15 is 0 Å². The molecule has 5 heteroatoms. The molecule has 1 saturated heterocycles. The fourth-order valence-electron chi connectivity index (χ4n) is 1.86. The van der Waals surface area contributed by atoms with E-state index in [9.17, 15) is 4.79 Å². The summed E-state index contributed by atoms with van der Waals surface area (Å²) in [6, 6.07) is 0. The van der Waals surface area contributed by atoms with Crippen molar-refractivity contribution >= 4 is 18.0 Å². The van der Waals surface area contributed by atoms with E-state index in [-0.39, 0.29) is 0 Å². The van der Waals surface area contributed by atoms with Crippen LogP contribution in [-0.2, 0) is 4.79 Å². The van der Waals surface area contributed by atoms with Gasteiger partial charge in [0, 0.05) is 37.1 Å². The fourth-order valence-corrected chi connectivity index (χ4v) is 1.86. The second-order valence-electron chi connectivity index (χ2n) is 4.33. The Morgan fingerprint density at radius 3 is 2.76 bits per heavy atom. The first-order valence-corrected chi connectivity index (χ1v) is 5.63. The molecule has 1 unspecified atom stereocenters. The van der Waals surface area contributed by atoms with Crippen LogP contribution in [0.15, 0.2) is 18.5 Å². The van der Waals surface area contributed by atoms with Crippen molar-refractivity contribution in [3.63, 3.8) is 0 Å². The van der Waals surface area contributed by atoms with Crippen molar-refractivity contribution in [3.8, 4) is 0 Å². The van der Waals surface area contributed by atoms with E-state index in [0.717, 1.165) is 25.1 Å². The van der Waals surface area contributed by atoms with Crippen molar-refractivity contribution in [2.45, 2.75) is 13.3 Å². The second kappa shape index (κ2) is 4.95. The van der Waals surface area contributed by atoms with Crippen LogP contribution in [0.3, 0.4) is 0 Å². The zero-order valence-corrected chi connectivity index (χ0v) is 9.71. The summed E-state index contributed by atoms with van der Waals surface area (Å²) in [7, 11) is 0. The predicted molar refractivity (Wildman–Crippen MR) is 64.7 cm³/mol. The van der Waals surface area contributed by atoms with Crippen LogP contribution in [-0.4, -0.2) is 34.1 Å². The lowest BCUT2D eigenvalue weighted by molar-refractivity contribution is -0.131. The van der Waals surface area contributed by atoms with Crippen LogP contribution in [0.1, 0.15) is 18.9 Å². The normalized spacial score (nSPS) is 20.1. The second-order valence-corrected chi connectivity index (χ2v) is 4.33. The topological polar surface area (TPSA) is 66.3 Å². The van der Waals surface area contributed by atoms with Gasteiger partial charge in [0.25, 0.3) is 0 Å². The lowest BCUT2D eigenvalue weighted by atomic mass is 10.2. The molecular formula is C12H15N3O2.